The molecule has 0 atom stereocenters. The van der Waals surface area contributed by atoms with E-state index >= 15 is 0 Å². The Kier molecular flexibility index (Phi) is 3.28. The highest BCUT2D eigenvalue weighted by molar-refractivity contribution is 7.18. The van der Waals surface area contributed by atoms with Crippen LogP contribution < -0.4 is 5.56 Å². The highest BCUT2D eigenvalue weighted by atomic mass is 35.5. The molecule has 2 heterocycles. The SMILES string of the molecule is COCc1sc2nc(CCl)[nH]c(=O)c2c1C. The normalized spacial score (nSPS) is 11.2. The summed E-state index contributed by atoms with van der Waals surface area (Å²) in [5.41, 5.74) is 0.813. The van der Waals surface area contributed by atoms with Crippen molar-refractivity contribution in [3.63, 3.8) is 0 Å². The van der Waals surface area contributed by atoms with Crippen LogP contribution in [0.25, 0.3) is 10.2 Å². The van der Waals surface area contributed by atoms with Crippen LogP contribution in [0.5, 0.6) is 0 Å². The monoisotopic (exact) mass is 258 g/mol. The summed E-state index contributed by atoms with van der Waals surface area (Å²) < 4.78 is 5.08. The van der Waals surface area contributed by atoms with Gasteiger partial charge in [-0.2, -0.15) is 0 Å². The van der Waals surface area contributed by atoms with Gasteiger partial charge in [0.2, 0.25) is 0 Å². The van der Waals surface area contributed by atoms with Crippen LogP contribution in [0.15, 0.2) is 4.79 Å². The molecule has 2 rings (SSSR count). The maximum Gasteiger partial charge on any atom is 0.259 e. The first kappa shape index (κ1) is 11.6. The standard InChI is InChI=1S/C10H11ClN2O2S/c1-5-6(4-15-2)16-10-8(5)9(14)12-7(3-11)13-10/h3-4H2,1-2H3,(H,12,13,14). The number of halogens is 1. The Morgan fingerprint density at radius 3 is 2.94 bits per heavy atom. The number of aromatic nitrogens is 2. The zero-order chi connectivity index (χ0) is 11.7. The van der Waals surface area contributed by atoms with Crippen molar-refractivity contribution in [1.82, 2.24) is 9.97 Å². The van der Waals surface area contributed by atoms with E-state index in [1.54, 1.807) is 7.11 Å². The lowest BCUT2D eigenvalue weighted by molar-refractivity contribution is 0.187. The van der Waals surface area contributed by atoms with Gasteiger partial charge in [0.25, 0.3) is 5.56 Å². The molecule has 0 aliphatic carbocycles. The number of rotatable bonds is 3. The van der Waals surface area contributed by atoms with Crippen LogP contribution in [0.3, 0.4) is 0 Å². The Bertz CT molecular complexity index is 576. The summed E-state index contributed by atoms with van der Waals surface area (Å²) in [5.74, 6) is 0.714. The molecule has 0 aliphatic rings. The highest BCUT2D eigenvalue weighted by Crippen LogP contribution is 2.27. The van der Waals surface area contributed by atoms with E-state index in [1.165, 1.54) is 11.3 Å². The van der Waals surface area contributed by atoms with Crippen molar-refractivity contribution < 1.29 is 4.74 Å². The summed E-state index contributed by atoms with van der Waals surface area (Å²) in [6.07, 6.45) is 0. The summed E-state index contributed by atoms with van der Waals surface area (Å²) in [4.78, 5) is 20.5. The van der Waals surface area contributed by atoms with Gasteiger partial charge in [0.15, 0.2) is 0 Å². The number of alkyl halides is 1. The molecule has 6 heteroatoms. The third-order valence-corrected chi connectivity index (χ3v) is 3.76. The molecule has 1 N–H and O–H groups in total. The molecule has 0 radical (unpaired) electrons. The second-order valence-corrected chi connectivity index (χ2v) is 4.76. The van der Waals surface area contributed by atoms with Crippen molar-refractivity contribution in [2.24, 2.45) is 0 Å². The number of methoxy groups -OCH3 is 1. The molecular weight excluding hydrogens is 248 g/mol. The Morgan fingerprint density at radius 2 is 2.31 bits per heavy atom. The Hall–Kier alpha value is -0.910. The minimum atomic E-state index is -0.128. The van der Waals surface area contributed by atoms with E-state index in [2.05, 4.69) is 9.97 Å². The summed E-state index contributed by atoms with van der Waals surface area (Å²) in [5, 5.41) is 0.644. The molecule has 0 saturated heterocycles. The summed E-state index contributed by atoms with van der Waals surface area (Å²) in [7, 11) is 1.63. The zero-order valence-electron chi connectivity index (χ0n) is 8.96. The van der Waals surface area contributed by atoms with Crippen molar-refractivity contribution in [3.8, 4) is 0 Å². The third kappa shape index (κ3) is 1.86. The second-order valence-electron chi connectivity index (χ2n) is 3.41. The summed E-state index contributed by atoms with van der Waals surface area (Å²) >= 11 is 7.13. The number of fused-ring (bicyclic) bond motifs is 1. The maximum atomic E-state index is 11.8. The largest absolute Gasteiger partial charge is 0.379 e. The van der Waals surface area contributed by atoms with Crippen LogP contribution in [0.4, 0.5) is 0 Å². The number of hydrogen-bond donors (Lipinski definition) is 1. The number of nitrogens with one attached hydrogen (secondary N) is 1. The van der Waals surface area contributed by atoms with Crippen molar-refractivity contribution in [2.45, 2.75) is 19.4 Å². The molecule has 0 amide bonds. The Balaban J connectivity index is 2.71. The number of thiophene rings is 1. The van der Waals surface area contributed by atoms with E-state index in [0.29, 0.717) is 17.8 Å². The van der Waals surface area contributed by atoms with E-state index in [-0.39, 0.29) is 11.4 Å². The third-order valence-electron chi connectivity index (χ3n) is 2.35. The van der Waals surface area contributed by atoms with Gasteiger partial charge in [0.1, 0.15) is 10.7 Å². The molecule has 0 spiro atoms. The first-order chi connectivity index (χ1) is 7.67. The minimum absolute atomic E-state index is 0.128. The number of ether oxygens (including phenoxy) is 1. The summed E-state index contributed by atoms with van der Waals surface area (Å²) in [6, 6.07) is 0. The Labute approximate surface area is 101 Å². The molecule has 4 nitrogen and oxygen atoms in total. The quantitative estimate of drug-likeness (QED) is 0.859. The maximum absolute atomic E-state index is 11.8. The fourth-order valence-corrected chi connectivity index (χ4v) is 2.86. The van der Waals surface area contributed by atoms with E-state index in [4.69, 9.17) is 16.3 Å². The first-order valence-electron chi connectivity index (χ1n) is 4.73. The fraction of sp³-hybridized carbons (Fsp3) is 0.400. The predicted octanol–water partition coefficient (Wildman–Crippen LogP) is 2.18. The van der Waals surface area contributed by atoms with Crippen molar-refractivity contribution in [3.05, 3.63) is 26.6 Å². The van der Waals surface area contributed by atoms with E-state index in [1.807, 2.05) is 6.92 Å². The van der Waals surface area contributed by atoms with Gasteiger partial charge < -0.3 is 9.72 Å². The molecule has 0 bridgehead atoms. The lowest BCUT2D eigenvalue weighted by Crippen LogP contribution is -2.10. The summed E-state index contributed by atoms with van der Waals surface area (Å²) in [6.45, 7) is 2.41. The molecule has 2 aromatic rings. The molecule has 0 fully saturated rings. The van der Waals surface area contributed by atoms with Crippen LogP contribution in [-0.2, 0) is 17.2 Å². The molecule has 86 valence electrons. The second kappa shape index (κ2) is 4.53. The number of aromatic amines is 1. The lowest BCUT2D eigenvalue weighted by Gasteiger charge is -1.96. The van der Waals surface area contributed by atoms with Gasteiger partial charge in [-0.15, -0.1) is 22.9 Å². The molecule has 0 aliphatic heterocycles. The van der Waals surface area contributed by atoms with Gasteiger partial charge in [-0.3, -0.25) is 4.79 Å². The fourth-order valence-electron chi connectivity index (χ4n) is 1.57. The van der Waals surface area contributed by atoms with Crippen LogP contribution in [0, 0.1) is 6.92 Å². The van der Waals surface area contributed by atoms with Gasteiger partial charge in [-0.1, -0.05) is 0 Å². The molecule has 2 aromatic heterocycles. The Morgan fingerprint density at radius 1 is 1.56 bits per heavy atom. The van der Waals surface area contributed by atoms with Gasteiger partial charge in [0, 0.05) is 12.0 Å². The first-order valence-corrected chi connectivity index (χ1v) is 6.08. The lowest BCUT2D eigenvalue weighted by atomic mass is 10.2. The molecule has 0 aromatic carbocycles. The predicted molar refractivity (Wildman–Crippen MR) is 65.2 cm³/mol. The number of hydrogen-bond acceptors (Lipinski definition) is 4. The van der Waals surface area contributed by atoms with Crippen molar-refractivity contribution in [1.29, 1.82) is 0 Å². The minimum Gasteiger partial charge on any atom is -0.379 e. The van der Waals surface area contributed by atoms with E-state index < -0.39 is 0 Å². The van der Waals surface area contributed by atoms with Crippen LogP contribution in [-0.4, -0.2) is 17.1 Å². The van der Waals surface area contributed by atoms with Crippen molar-refractivity contribution in [2.75, 3.05) is 7.11 Å². The van der Waals surface area contributed by atoms with E-state index in [0.717, 1.165) is 15.3 Å². The average Bonchev–Trinajstić information content (AvgIpc) is 2.56. The number of nitrogens with zero attached hydrogens (tertiary/aromatic N) is 1. The molecule has 0 saturated carbocycles. The van der Waals surface area contributed by atoms with Crippen LogP contribution in [0.2, 0.25) is 0 Å². The van der Waals surface area contributed by atoms with Crippen LogP contribution in [0.1, 0.15) is 16.3 Å². The molecule has 16 heavy (non-hydrogen) atoms. The van der Waals surface area contributed by atoms with Crippen LogP contribution >= 0.6 is 22.9 Å². The topological polar surface area (TPSA) is 55.0 Å². The highest BCUT2D eigenvalue weighted by Gasteiger charge is 2.13. The zero-order valence-corrected chi connectivity index (χ0v) is 10.5. The average molecular weight is 259 g/mol. The van der Waals surface area contributed by atoms with Gasteiger partial charge in [-0.25, -0.2) is 4.98 Å². The smallest absolute Gasteiger partial charge is 0.259 e. The van der Waals surface area contributed by atoms with Crippen molar-refractivity contribution >= 4 is 33.2 Å². The molecular formula is C10H11ClN2O2S. The van der Waals surface area contributed by atoms with Gasteiger partial charge in [0.05, 0.1) is 17.9 Å². The number of aryl methyl sites for hydroxylation is 1. The number of H-pyrrole nitrogens is 1. The molecule has 0 unspecified atom stereocenters. The van der Waals surface area contributed by atoms with E-state index in [9.17, 15) is 4.79 Å². The van der Waals surface area contributed by atoms with Gasteiger partial charge in [-0.05, 0) is 12.5 Å². The van der Waals surface area contributed by atoms with Gasteiger partial charge >= 0.3 is 0 Å².